The van der Waals surface area contributed by atoms with Crippen molar-refractivity contribution in [3.05, 3.63) is 59.0 Å². The molecule has 2 nitrogen and oxygen atoms in total. The molecule has 0 aliphatic carbocycles. The van der Waals surface area contributed by atoms with Crippen LogP contribution in [0.1, 0.15) is 10.4 Å². The second kappa shape index (κ2) is 5.47. The third-order valence-electron chi connectivity index (χ3n) is 3.42. The summed E-state index contributed by atoms with van der Waals surface area (Å²) in [7, 11) is 4.01. The van der Waals surface area contributed by atoms with Gasteiger partial charge in [-0.25, -0.2) is 0 Å². The largest absolute Gasteiger partial charge is 0.506 e. The average Bonchev–Trinajstić information content (AvgIpc) is 2.84. The number of rotatable bonds is 3. The fourth-order valence-corrected chi connectivity index (χ4v) is 3.64. The first kappa shape index (κ1) is 14.0. The van der Waals surface area contributed by atoms with Gasteiger partial charge in [0.15, 0.2) is 0 Å². The third kappa shape index (κ3) is 2.52. The van der Waals surface area contributed by atoms with Crippen LogP contribution in [-0.4, -0.2) is 24.1 Å². The van der Waals surface area contributed by atoms with Gasteiger partial charge in [0.1, 0.15) is 5.75 Å². The summed E-state index contributed by atoms with van der Waals surface area (Å²) < 4.78 is 1.05. The predicted molar refractivity (Wildman–Crippen MR) is 95.1 cm³/mol. The van der Waals surface area contributed by atoms with Crippen LogP contribution in [-0.2, 0) is 0 Å². The van der Waals surface area contributed by atoms with Gasteiger partial charge < -0.3 is 10.0 Å². The van der Waals surface area contributed by atoms with Crippen molar-refractivity contribution in [1.29, 1.82) is 0 Å². The van der Waals surface area contributed by atoms with Crippen LogP contribution >= 0.6 is 23.6 Å². The van der Waals surface area contributed by atoms with Crippen molar-refractivity contribution >= 4 is 44.2 Å². The minimum absolute atomic E-state index is 0.289. The van der Waals surface area contributed by atoms with E-state index in [2.05, 4.69) is 0 Å². The third-order valence-corrected chi connectivity index (χ3v) is 5.17. The van der Waals surface area contributed by atoms with Crippen molar-refractivity contribution in [2.45, 2.75) is 0 Å². The molecule has 0 spiro atoms. The Bertz CT molecular complexity index is 803. The highest BCUT2D eigenvalue weighted by atomic mass is 32.1. The summed E-state index contributed by atoms with van der Waals surface area (Å²) in [4.78, 5) is 3.51. The Hall–Kier alpha value is -1.91. The zero-order valence-electron chi connectivity index (χ0n) is 11.8. The molecule has 2 aromatic carbocycles. The second-order valence-electron chi connectivity index (χ2n) is 5.05. The van der Waals surface area contributed by atoms with Gasteiger partial charge >= 0.3 is 0 Å². The maximum absolute atomic E-state index is 10.4. The van der Waals surface area contributed by atoms with Crippen LogP contribution < -0.4 is 4.90 Å². The van der Waals surface area contributed by atoms with E-state index < -0.39 is 0 Å². The summed E-state index contributed by atoms with van der Waals surface area (Å²) in [6.07, 6.45) is 0. The molecule has 0 aliphatic rings. The van der Waals surface area contributed by atoms with Gasteiger partial charge in [-0.3, -0.25) is 0 Å². The molecular weight excluding hydrogens is 298 g/mol. The van der Waals surface area contributed by atoms with Crippen molar-refractivity contribution in [2.75, 3.05) is 19.0 Å². The molecule has 0 unspecified atom stereocenters. The molecule has 1 N–H and O–H groups in total. The van der Waals surface area contributed by atoms with E-state index >= 15 is 0 Å². The highest BCUT2D eigenvalue weighted by Crippen LogP contribution is 2.38. The van der Waals surface area contributed by atoms with Gasteiger partial charge in [-0.05, 0) is 29.8 Å². The molecule has 21 heavy (non-hydrogen) atoms. The van der Waals surface area contributed by atoms with Crippen LogP contribution in [0, 0.1) is 0 Å². The fourth-order valence-electron chi connectivity index (χ4n) is 2.23. The van der Waals surface area contributed by atoms with E-state index in [1.807, 2.05) is 67.5 Å². The van der Waals surface area contributed by atoms with E-state index in [4.69, 9.17) is 12.2 Å². The highest BCUT2D eigenvalue weighted by molar-refractivity contribution is 7.81. The van der Waals surface area contributed by atoms with E-state index in [1.165, 1.54) is 11.3 Å². The maximum atomic E-state index is 10.4. The zero-order valence-corrected chi connectivity index (χ0v) is 13.5. The topological polar surface area (TPSA) is 23.5 Å². The molecule has 0 amide bonds. The summed E-state index contributed by atoms with van der Waals surface area (Å²) >= 11 is 7.10. The molecule has 1 heterocycles. The standard InChI is InChI=1S/C17H15NOS2/c1-18(2)12-9-7-11(8-10-12)16(20)17-15(19)13-5-3-4-6-14(13)21-17/h3-10,19H,1-2H3. The van der Waals surface area contributed by atoms with Gasteiger partial charge in [0.2, 0.25) is 0 Å². The first-order chi connectivity index (χ1) is 10.1. The van der Waals surface area contributed by atoms with E-state index in [0.29, 0.717) is 4.86 Å². The van der Waals surface area contributed by atoms with E-state index in [1.54, 1.807) is 0 Å². The van der Waals surface area contributed by atoms with Crippen molar-refractivity contribution in [3.8, 4) is 5.75 Å². The Morgan fingerprint density at radius 3 is 2.33 bits per heavy atom. The smallest absolute Gasteiger partial charge is 0.142 e. The molecule has 0 bridgehead atoms. The number of thiophene rings is 1. The molecule has 0 saturated heterocycles. The van der Waals surface area contributed by atoms with Crippen molar-refractivity contribution in [3.63, 3.8) is 0 Å². The quantitative estimate of drug-likeness (QED) is 0.571. The molecule has 3 rings (SSSR count). The summed E-state index contributed by atoms with van der Waals surface area (Å²) in [6, 6.07) is 15.9. The molecule has 0 radical (unpaired) electrons. The first-order valence-electron chi connectivity index (χ1n) is 6.60. The van der Waals surface area contributed by atoms with Gasteiger partial charge in [0.05, 0.1) is 9.74 Å². The molecule has 0 saturated carbocycles. The molecule has 4 heteroatoms. The molecule has 0 aliphatic heterocycles. The average molecular weight is 313 g/mol. The predicted octanol–water partition coefficient (Wildman–Crippen LogP) is 4.44. The second-order valence-corrected chi connectivity index (χ2v) is 6.51. The minimum atomic E-state index is 0.289. The number of anilines is 1. The monoisotopic (exact) mass is 313 g/mol. The van der Waals surface area contributed by atoms with Gasteiger partial charge in [-0.15, -0.1) is 11.3 Å². The lowest BCUT2D eigenvalue weighted by Crippen LogP contribution is -2.08. The van der Waals surface area contributed by atoms with Crippen LogP contribution in [0.2, 0.25) is 0 Å². The summed E-state index contributed by atoms with van der Waals surface area (Å²) in [6.45, 7) is 0. The van der Waals surface area contributed by atoms with Gasteiger partial charge in [0, 0.05) is 29.9 Å². The zero-order chi connectivity index (χ0) is 15.0. The van der Waals surface area contributed by atoms with E-state index in [0.717, 1.165) is 26.2 Å². The summed E-state index contributed by atoms with van der Waals surface area (Å²) in [5.41, 5.74) is 2.08. The lowest BCUT2D eigenvalue weighted by atomic mass is 10.1. The van der Waals surface area contributed by atoms with E-state index in [-0.39, 0.29) is 5.75 Å². The number of hydrogen-bond acceptors (Lipinski definition) is 4. The van der Waals surface area contributed by atoms with Crippen molar-refractivity contribution in [1.82, 2.24) is 0 Å². The Labute approximate surface area is 133 Å². The lowest BCUT2D eigenvalue weighted by Gasteiger charge is -2.12. The Kier molecular flexibility index (Phi) is 3.66. The van der Waals surface area contributed by atoms with Gasteiger partial charge in [-0.2, -0.15) is 0 Å². The van der Waals surface area contributed by atoms with Crippen LogP contribution in [0.3, 0.4) is 0 Å². The van der Waals surface area contributed by atoms with Crippen LogP contribution in [0.25, 0.3) is 10.1 Å². The van der Waals surface area contributed by atoms with E-state index in [9.17, 15) is 5.11 Å². The SMILES string of the molecule is CN(C)c1ccc(C(=S)c2sc3ccccc3c2O)cc1. The Morgan fingerprint density at radius 1 is 1.05 bits per heavy atom. The molecule has 1 aromatic heterocycles. The van der Waals surface area contributed by atoms with Crippen molar-refractivity contribution in [2.24, 2.45) is 0 Å². The van der Waals surface area contributed by atoms with Crippen LogP contribution in [0.15, 0.2) is 48.5 Å². The molecule has 106 valence electrons. The number of thiocarbonyl (C=S) groups is 1. The number of fused-ring (bicyclic) bond motifs is 1. The fraction of sp³-hybridized carbons (Fsp3) is 0.118. The minimum Gasteiger partial charge on any atom is -0.506 e. The summed E-state index contributed by atoms with van der Waals surface area (Å²) in [5, 5.41) is 11.2. The maximum Gasteiger partial charge on any atom is 0.142 e. The van der Waals surface area contributed by atoms with Crippen LogP contribution in [0.5, 0.6) is 5.75 Å². The van der Waals surface area contributed by atoms with Crippen LogP contribution in [0.4, 0.5) is 5.69 Å². The number of hydrogen-bond donors (Lipinski definition) is 1. The van der Waals surface area contributed by atoms with Crippen molar-refractivity contribution < 1.29 is 5.11 Å². The van der Waals surface area contributed by atoms with Gasteiger partial charge in [-0.1, -0.05) is 36.5 Å². The van der Waals surface area contributed by atoms with Gasteiger partial charge in [0.25, 0.3) is 0 Å². The Morgan fingerprint density at radius 2 is 1.71 bits per heavy atom. The molecule has 3 aromatic rings. The number of benzene rings is 2. The molecular formula is C17H15NOS2. The molecule has 0 atom stereocenters. The number of aromatic hydroxyl groups is 1. The highest BCUT2D eigenvalue weighted by Gasteiger charge is 2.16. The molecule has 0 fully saturated rings. The first-order valence-corrected chi connectivity index (χ1v) is 7.83. The normalized spacial score (nSPS) is 10.8. The lowest BCUT2D eigenvalue weighted by molar-refractivity contribution is 0.483. The number of nitrogens with zero attached hydrogens (tertiary/aromatic N) is 1. The summed E-state index contributed by atoms with van der Waals surface area (Å²) in [5.74, 6) is 0.289. The Balaban J connectivity index is 2.02.